The van der Waals surface area contributed by atoms with Crippen LogP contribution < -0.4 is 10.1 Å². The van der Waals surface area contributed by atoms with Crippen LogP contribution in [0.5, 0.6) is 5.75 Å². The highest BCUT2D eigenvalue weighted by atomic mass is 16.5. The number of benzene rings is 2. The fourth-order valence-corrected chi connectivity index (χ4v) is 3.83. The molecule has 0 bridgehead atoms. The SMILES string of the molecule is CCCCOc1ccc(CNC(=O)CN2CC=C(c3cnn(-c4ccccc4)c3)CC2)cc1. The highest BCUT2D eigenvalue weighted by molar-refractivity contribution is 5.78. The molecule has 2 aromatic carbocycles. The Kier molecular flexibility index (Phi) is 7.93. The Morgan fingerprint density at radius 2 is 1.94 bits per heavy atom. The van der Waals surface area contributed by atoms with Gasteiger partial charge in [-0.05, 0) is 48.2 Å². The fourth-order valence-electron chi connectivity index (χ4n) is 3.83. The van der Waals surface area contributed by atoms with E-state index in [1.165, 1.54) is 5.57 Å². The maximum absolute atomic E-state index is 12.4. The number of para-hydroxylation sites is 1. The number of carbonyl (C=O) groups is 1. The number of amides is 1. The van der Waals surface area contributed by atoms with Crippen molar-refractivity contribution < 1.29 is 9.53 Å². The van der Waals surface area contributed by atoms with Crippen molar-refractivity contribution in [2.45, 2.75) is 32.7 Å². The van der Waals surface area contributed by atoms with Gasteiger partial charge in [0.1, 0.15) is 5.75 Å². The Hall–Kier alpha value is -3.38. The zero-order chi connectivity index (χ0) is 22.9. The number of nitrogens with zero attached hydrogens (tertiary/aromatic N) is 3. The van der Waals surface area contributed by atoms with Crippen LogP contribution in [-0.2, 0) is 11.3 Å². The van der Waals surface area contributed by atoms with Gasteiger partial charge in [0.15, 0.2) is 0 Å². The number of rotatable bonds is 10. The summed E-state index contributed by atoms with van der Waals surface area (Å²) in [5.74, 6) is 0.927. The molecule has 2 heterocycles. The summed E-state index contributed by atoms with van der Waals surface area (Å²) in [7, 11) is 0. The molecule has 4 rings (SSSR count). The number of ether oxygens (including phenoxy) is 1. The minimum absolute atomic E-state index is 0.0482. The van der Waals surface area contributed by atoms with Crippen molar-refractivity contribution in [3.05, 3.63) is 84.2 Å². The summed E-state index contributed by atoms with van der Waals surface area (Å²) in [5.41, 5.74) is 4.56. The normalized spacial score (nSPS) is 14.0. The monoisotopic (exact) mass is 444 g/mol. The zero-order valence-corrected chi connectivity index (χ0v) is 19.2. The first-order chi connectivity index (χ1) is 16.2. The van der Waals surface area contributed by atoms with E-state index in [0.717, 1.165) is 61.5 Å². The molecule has 6 heteroatoms. The summed E-state index contributed by atoms with van der Waals surface area (Å²) in [6.45, 7) is 5.46. The highest BCUT2D eigenvalue weighted by Gasteiger charge is 2.16. The van der Waals surface area contributed by atoms with E-state index in [2.05, 4.69) is 34.5 Å². The molecular formula is C27H32N4O2. The lowest BCUT2D eigenvalue weighted by molar-refractivity contribution is -0.122. The number of hydrogen-bond acceptors (Lipinski definition) is 4. The van der Waals surface area contributed by atoms with Crippen molar-refractivity contribution in [3.8, 4) is 11.4 Å². The van der Waals surface area contributed by atoms with Crippen molar-refractivity contribution in [2.75, 3.05) is 26.2 Å². The molecule has 0 radical (unpaired) electrons. The van der Waals surface area contributed by atoms with Gasteiger partial charge in [-0.3, -0.25) is 9.69 Å². The molecule has 3 aromatic rings. The number of carbonyl (C=O) groups excluding carboxylic acids is 1. The lowest BCUT2D eigenvalue weighted by Gasteiger charge is -2.25. The van der Waals surface area contributed by atoms with E-state index in [-0.39, 0.29) is 5.91 Å². The van der Waals surface area contributed by atoms with Crippen molar-refractivity contribution in [2.24, 2.45) is 0 Å². The molecule has 1 aromatic heterocycles. The number of aromatic nitrogens is 2. The Morgan fingerprint density at radius 1 is 1.12 bits per heavy atom. The van der Waals surface area contributed by atoms with Gasteiger partial charge in [0.25, 0.3) is 0 Å². The number of hydrogen-bond donors (Lipinski definition) is 1. The first-order valence-electron chi connectivity index (χ1n) is 11.7. The molecule has 6 nitrogen and oxygen atoms in total. The first-order valence-corrected chi connectivity index (χ1v) is 11.7. The minimum Gasteiger partial charge on any atom is -0.494 e. The smallest absolute Gasteiger partial charge is 0.234 e. The van der Waals surface area contributed by atoms with Crippen molar-refractivity contribution >= 4 is 11.5 Å². The Balaban J connectivity index is 1.22. The molecule has 1 N–H and O–H groups in total. The summed E-state index contributed by atoms with van der Waals surface area (Å²) in [5, 5.41) is 7.52. The summed E-state index contributed by atoms with van der Waals surface area (Å²) in [6.07, 6.45) is 9.29. The Morgan fingerprint density at radius 3 is 2.67 bits per heavy atom. The highest BCUT2D eigenvalue weighted by Crippen LogP contribution is 2.22. The average Bonchev–Trinajstić information content (AvgIpc) is 3.35. The van der Waals surface area contributed by atoms with Crippen LogP contribution in [0.15, 0.2) is 73.1 Å². The molecule has 0 aliphatic carbocycles. The fraction of sp³-hybridized carbons (Fsp3) is 0.333. The van der Waals surface area contributed by atoms with Gasteiger partial charge in [-0.25, -0.2) is 4.68 Å². The third kappa shape index (κ3) is 6.56. The molecule has 1 amide bonds. The maximum atomic E-state index is 12.4. The second-order valence-corrected chi connectivity index (χ2v) is 8.35. The van der Waals surface area contributed by atoms with Gasteiger partial charge in [-0.2, -0.15) is 5.10 Å². The lowest BCUT2D eigenvalue weighted by Crippen LogP contribution is -2.39. The average molecular weight is 445 g/mol. The van der Waals surface area contributed by atoms with Crippen LogP contribution in [0.3, 0.4) is 0 Å². The molecule has 0 atom stereocenters. The van der Waals surface area contributed by atoms with E-state index in [1.807, 2.05) is 65.5 Å². The van der Waals surface area contributed by atoms with E-state index in [4.69, 9.17) is 4.74 Å². The van der Waals surface area contributed by atoms with E-state index in [1.54, 1.807) is 0 Å². The quantitative estimate of drug-likeness (QED) is 0.469. The second kappa shape index (κ2) is 11.5. The molecule has 0 spiro atoms. The summed E-state index contributed by atoms with van der Waals surface area (Å²) in [6, 6.07) is 18.1. The van der Waals surface area contributed by atoms with Crippen LogP contribution in [0.2, 0.25) is 0 Å². The van der Waals surface area contributed by atoms with Crippen LogP contribution in [0.1, 0.15) is 37.3 Å². The van der Waals surface area contributed by atoms with E-state index in [0.29, 0.717) is 13.1 Å². The zero-order valence-electron chi connectivity index (χ0n) is 19.2. The summed E-state index contributed by atoms with van der Waals surface area (Å²) < 4.78 is 7.59. The van der Waals surface area contributed by atoms with E-state index in [9.17, 15) is 4.79 Å². The van der Waals surface area contributed by atoms with Crippen molar-refractivity contribution in [3.63, 3.8) is 0 Å². The standard InChI is InChI=1S/C27H32N4O2/c1-2-3-17-33-26-11-9-22(10-12-26)18-28-27(32)21-30-15-13-23(14-16-30)24-19-29-31(20-24)25-7-5-4-6-8-25/h4-13,19-20H,2-3,14-18,21H2,1H3,(H,28,32). The van der Waals surface area contributed by atoms with Gasteiger partial charge < -0.3 is 10.1 Å². The molecule has 0 fully saturated rings. The van der Waals surface area contributed by atoms with Crippen LogP contribution in [0.25, 0.3) is 11.3 Å². The third-order valence-corrected chi connectivity index (χ3v) is 5.81. The molecule has 0 saturated carbocycles. The van der Waals surface area contributed by atoms with Gasteiger partial charge in [0, 0.05) is 31.4 Å². The van der Waals surface area contributed by atoms with Gasteiger partial charge in [-0.1, -0.05) is 49.8 Å². The van der Waals surface area contributed by atoms with Gasteiger partial charge in [0.2, 0.25) is 5.91 Å². The molecule has 33 heavy (non-hydrogen) atoms. The number of unbranched alkanes of at least 4 members (excludes halogenated alkanes) is 1. The third-order valence-electron chi connectivity index (χ3n) is 5.81. The maximum Gasteiger partial charge on any atom is 0.234 e. The lowest BCUT2D eigenvalue weighted by atomic mass is 10.0. The summed E-state index contributed by atoms with van der Waals surface area (Å²) in [4.78, 5) is 14.6. The van der Waals surface area contributed by atoms with E-state index < -0.39 is 0 Å². The topological polar surface area (TPSA) is 59.4 Å². The molecule has 0 unspecified atom stereocenters. The largest absolute Gasteiger partial charge is 0.494 e. The van der Waals surface area contributed by atoms with Gasteiger partial charge in [-0.15, -0.1) is 0 Å². The predicted molar refractivity (Wildman–Crippen MR) is 131 cm³/mol. The molecule has 172 valence electrons. The minimum atomic E-state index is 0.0482. The first kappa shape index (κ1) is 22.8. The number of nitrogens with one attached hydrogen (secondary N) is 1. The Bertz CT molecular complexity index is 1060. The second-order valence-electron chi connectivity index (χ2n) is 8.35. The summed E-state index contributed by atoms with van der Waals surface area (Å²) >= 11 is 0. The van der Waals surface area contributed by atoms with Crippen LogP contribution in [0, 0.1) is 0 Å². The van der Waals surface area contributed by atoms with Gasteiger partial charge >= 0.3 is 0 Å². The van der Waals surface area contributed by atoms with Crippen molar-refractivity contribution in [1.82, 2.24) is 20.0 Å². The molecule has 1 aliphatic rings. The van der Waals surface area contributed by atoms with Crippen molar-refractivity contribution in [1.29, 1.82) is 0 Å². The van der Waals surface area contributed by atoms with Crippen LogP contribution >= 0.6 is 0 Å². The molecule has 1 aliphatic heterocycles. The Labute approximate surface area is 195 Å². The van der Waals surface area contributed by atoms with Crippen LogP contribution in [-0.4, -0.2) is 46.8 Å². The molecule has 0 saturated heterocycles. The van der Waals surface area contributed by atoms with Crippen LogP contribution in [0.4, 0.5) is 0 Å². The van der Waals surface area contributed by atoms with E-state index >= 15 is 0 Å². The predicted octanol–water partition coefficient (Wildman–Crippen LogP) is 4.46. The van der Waals surface area contributed by atoms with Gasteiger partial charge in [0.05, 0.1) is 25.0 Å². The molecular weight excluding hydrogens is 412 g/mol.